The van der Waals surface area contributed by atoms with Crippen LogP contribution in [0.3, 0.4) is 0 Å². The molecule has 0 spiro atoms. The third kappa shape index (κ3) is 2.04. The molecule has 1 unspecified atom stereocenters. The van der Waals surface area contributed by atoms with Gasteiger partial charge in [-0.2, -0.15) is 0 Å². The van der Waals surface area contributed by atoms with Crippen molar-refractivity contribution in [3.05, 3.63) is 26.5 Å². The molecule has 1 fully saturated rings. The molecule has 1 aromatic rings. The van der Waals surface area contributed by atoms with Crippen LogP contribution in [-0.4, -0.2) is 23.5 Å². The van der Waals surface area contributed by atoms with Crippen molar-refractivity contribution in [3.63, 3.8) is 0 Å². The van der Waals surface area contributed by atoms with Crippen molar-refractivity contribution < 1.29 is 0 Å². The van der Waals surface area contributed by atoms with E-state index < -0.39 is 0 Å². The number of aromatic nitrogens is 1. The van der Waals surface area contributed by atoms with Crippen LogP contribution in [0.2, 0.25) is 5.15 Å². The van der Waals surface area contributed by atoms with Crippen LogP contribution in [0, 0.1) is 3.57 Å². The Labute approximate surface area is 103 Å². The van der Waals surface area contributed by atoms with E-state index in [1.54, 1.807) is 0 Å². The molecular formula is C10H12ClIN2. The van der Waals surface area contributed by atoms with Crippen LogP contribution in [0.1, 0.15) is 24.4 Å². The lowest BCUT2D eigenvalue weighted by Gasteiger charge is -2.20. The van der Waals surface area contributed by atoms with E-state index in [1.807, 2.05) is 12.3 Å². The molecule has 1 saturated heterocycles. The highest BCUT2D eigenvalue weighted by molar-refractivity contribution is 14.1. The van der Waals surface area contributed by atoms with Crippen molar-refractivity contribution in [3.8, 4) is 0 Å². The van der Waals surface area contributed by atoms with Gasteiger partial charge in [-0.25, -0.2) is 4.98 Å². The van der Waals surface area contributed by atoms with E-state index >= 15 is 0 Å². The van der Waals surface area contributed by atoms with Crippen molar-refractivity contribution in [2.75, 3.05) is 13.6 Å². The van der Waals surface area contributed by atoms with Gasteiger partial charge in [0.2, 0.25) is 0 Å². The molecule has 1 atom stereocenters. The Balaban J connectivity index is 2.31. The first-order valence-corrected chi connectivity index (χ1v) is 6.15. The fraction of sp³-hybridized carbons (Fsp3) is 0.500. The molecule has 0 saturated carbocycles. The Bertz CT molecular complexity index is 343. The lowest BCUT2D eigenvalue weighted by Crippen LogP contribution is -2.18. The molecule has 0 radical (unpaired) electrons. The highest BCUT2D eigenvalue weighted by Gasteiger charge is 2.24. The summed E-state index contributed by atoms with van der Waals surface area (Å²) in [6.07, 6.45) is 4.42. The number of nitrogens with zero attached hydrogens (tertiary/aromatic N) is 2. The minimum absolute atomic E-state index is 0.534. The summed E-state index contributed by atoms with van der Waals surface area (Å²) in [6.45, 7) is 1.18. The summed E-state index contributed by atoms with van der Waals surface area (Å²) in [5.41, 5.74) is 1.31. The second-order valence-corrected chi connectivity index (χ2v) is 5.22. The third-order valence-electron chi connectivity index (χ3n) is 2.73. The summed E-state index contributed by atoms with van der Waals surface area (Å²) in [7, 11) is 2.17. The molecule has 2 heterocycles. The average Bonchev–Trinajstić information content (AvgIpc) is 2.52. The maximum Gasteiger partial charge on any atom is 0.130 e. The van der Waals surface area contributed by atoms with E-state index in [2.05, 4.69) is 39.5 Å². The topological polar surface area (TPSA) is 16.1 Å². The standard InChI is InChI=1S/C10H12ClIN2/c1-14-4-2-3-9(14)7-6-13-10(11)5-8(7)12/h5-6,9H,2-4H2,1H3. The van der Waals surface area contributed by atoms with Gasteiger partial charge in [-0.3, -0.25) is 4.90 Å². The Kier molecular flexibility index (Phi) is 3.29. The monoisotopic (exact) mass is 322 g/mol. The van der Waals surface area contributed by atoms with Crippen molar-refractivity contribution in [1.29, 1.82) is 0 Å². The summed E-state index contributed by atoms with van der Waals surface area (Å²) < 4.78 is 1.22. The van der Waals surface area contributed by atoms with Crippen LogP contribution in [0.15, 0.2) is 12.3 Å². The van der Waals surface area contributed by atoms with Gasteiger partial charge in [0.15, 0.2) is 0 Å². The van der Waals surface area contributed by atoms with Gasteiger partial charge >= 0.3 is 0 Å². The van der Waals surface area contributed by atoms with Crippen LogP contribution < -0.4 is 0 Å². The summed E-state index contributed by atoms with van der Waals surface area (Å²) in [4.78, 5) is 6.53. The summed E-state index contributed by atoms with van der Waals surface area (Å²) in [5, 5.41) is 0.582. The molecule has 0 amide bonds. The average molecular weight is 323 g/mol. The van der Waals surface area contributed by atoms with Crippen LogP contribution in [-0.2, 0) is 0 Å². The number of rotatable bonds is 1. The Morgan fingerprint density at radius 3 is 3.00 bits per heavy atom. The first-order chi connectivity index (χ1) is 6.68. The summed E-state index contributed by atoms with van der Waals surface area (Å²) in [5.74, 6) is 0. The molecule has 0 N–H and O–H groups in total. The zero-order valence-electron chi connectivity index (χ0n) is 8.00. The Morgan fingerprint density at radius 2 is 2.43 bits per heavy atom. The Hall–Kier alpha value is 0.130. The van der Waals surface area contributed by atoms with Crippen LogP contribution in [0.25, 0.3) is 0 Å². The first-order valence-electron chi connectivity index (χ1n) is 4.69. The molecule has 1 aliphatic rings. The molecule has 2 nitrogen and oxygen atoms in total. The highest BCUT2D eigenvalue weighted by atomic mass is 127. The van der Waals surface area contributed by atoms with E-state index in [-0.39, 0.29) is 0 Å². The first kappa shape index (κ1) is 10.6. The quantitative estimate of drug-likeness (QED) is 0.583. The fourth-order valence-corrected chi connectivity index (χ4v) is 3.10. The third-order valence-corrected chi connectivity index (χ3v) is 3.87. The second-order valence-electron chi connectivity index (χ2n) is 3.67. The van der Waals surface area contributed by atoms with Gasteiger partial charge in [-0.1, -0.05) is 11.6 Å². The second kappa shape index (κ2) is 4.33. The number of halogens is 2. The minimum atomic E-state index is 0.534. The zero-order valence-corrected chi connectivity index (χ0v) is 10.9. The van der Waals surface area contributed by atoms with Crippen molar-refractivity contribution >= 4 is 34.2 Å². The lowest BCUT2D eigenvalue weighted by atomic mass is 10.1. The molecular weight excluding hydrogens is 310 g/mol. The Morgan fingerprint density at radius 1 is 1.64 bits per heavy atom. The van der Waals surface area contributed by atoms with Crippen LogP contribution in [0.5, 0.6) is 0 Å². The van der Waals surface area contributed by atoms with Gasteiger partial charge in [0.05, 0.1) is 0 Å². The van der Waals surface area contributed by atoms with Gasteiger partial charge in [-0.05, 0) is 55.1 Å². The van der Waals surface area contributed by atoms with E-state index in [0.29, 0.717) is 11.2 Å². The number of hydrogen-bond acceptors (Lipinski definition) is 2. The molecule has 4 heteroatoms. The molecule has 1 aromatic heterocycles. The van der Waals surface area contributed by atoms with Crippen LogP contribution in [0.4, 0.5) is 0 Å². The largest absolute Gasteiger partial charge is 0.299 e. The molecule has 76 valence electrons. The number of likely N-dealkylation sites (tertiary alicyclic amines) is 1. The van der Waals surface area contributed by atoms with Crippen molar-refractivity contribution in [2.45, 2.75) is 18.9 Å². The molecule has 0 aliphatic carbocycles. The summed E-state index contributed by atoms with van der Waals surface area (Å²) in [6, 6.07) is 2.47. The van der Waals surface area contributed by atoms with Crippen molar-refractivity contribution in [2.24, 2.45) is 0 Å². The van der Waals surface area contributed by atoms with Gasteiger partial charge in [0, 0.05) is 21.4 Å². The van der Waals surface area contributed by atoms with E-state index in [1.165, 1.54) is 28.5 Å². The molecule has 0 bridgehead atoms. The lowest BCUT2D eigenvalue weighted by molar-refractivity contribution is 0.316. The maximum absolute atomic E-state index is 5.83. The predicted molar refractivity (Wildman–Crippen MR) is 66.6 cm³/mol. The zero-order chi connectivity index (χ0) is 10.1. The number of hydrogen-bond donors (Lipinski definition) is 0. The summed E-state index contributed by atoms with van der Waals surface area (Å²) >= 11 is 8.17. The predicted octanol–water partition coefficient (Wildman–Crippen LogP) is 3.11. The van der Waals surface area contributed by atoms with Gasteiger partial charge in [-0.15, -0.1) is 0 Å². The number of pyridine rings is 1. The van der Waals surface area contributed by atoms with Gasteiger partial charge in [0.25, 0.3) is 0 Å². The van der Waals surface area contributed by atoms with E-state index in [9.17, 15) is 0 Å². The molecule has 0 aromatic carbocycles. The van der Waals surface area contributed by atoms with E-state index in [4.69, 9.17) is 11.6 Å². The van der Waals surface area contributed by atoms with Gasteiger partial charge in [0.1, 0.15) is 5.15 Å². The smallest absolute Gasteiger partial charge is 0.130 e. The maximum atomic E-state index is 5.83. The molecule has 2 rings (SSSR count). The normalized spacial score (nSPS) is 22.9. The fourth-order valence-electron chi connectivity index (χ4n) is 1.97. The van der Waals surface area contributed by atoms with Gasteiger partial charge < -0.3 is 0 Å². The molecule has 1 aliphatic heterocycles. The molecule has 14 heavy (non-hydrogen) atoms. The van der Waals surface area contributed by atoms with Crippen LogP contribution >= 0.6 is 34.2 Å². The SMILES string of the molecule is CN1CCCC1c1cnc(Cl)cc1I. The van der Waals surface area contributed by atoms with E-state index in [0.717, 1.165) is 0 Å². The minimum Gasteiger partial charge on any atom is -0.299 e. The van der Waals surface area contributed by atoms with Crippen molar-refractivity contribution in [1.82, 2.24) is 9.88 Å². The highest BCUT2D eigenvalue weighted by Crippen LogP contribution is 2.33.